The number of rotatable bonds is 3. The summed E-state index contributed by atoms with van der Waals surface area (Å²) in [5.41, 5.74) is -0.205. The van der Waals surface area contributed by atoms with Crippen LogP contribution in [-0.4, -0.2) is 60.1 Å². The van der Waals surface area contributed by atoms with E-state index in [0.717, 1.165) is 0 Å². The van der Waals surface area contributed by atoms with Gasteiger partial charge in [0.25, 0.3) is 0 Å². The average Bonchev–Trinajstić information content (AvgIpc) is 2.78. The van der Waals surface area contributed by atoms with E-state index < -0.39 is 35.2 Å². The Kier molecular flexibility index (Phi) is 6.55. The molecule has 3 aliphatic heterocycles. The fraction of sp³-hybridized carbons (Fsp3) is 0.913. The summed E-state index contributed by atoms with van der Waals surface area (Å²) in [5.74, 6) is 0. The van der Waals surface area contributed by atoms with Gasteiger partial charge in [-0.05, 0) is 53.4 Å². The fourth-order valence-electron chi connectivity index (χ4n) is 4.96. The van der Waals surface area contributed by atoms with Crippen LogP contribution in [0.25, 0.3) is 0 Å². The zero-order valence-electron chi connectivity index (χ0n) is 22.5. The highest BCUT2D eigenvalue weighted by molar-refractivity contribution is 6.73. The molecule has 0 bridgehead atoms. The lowest BCUT2D eigenvalue weighted by atomic mass is 9.83. The summed E-state index contributed by atoms with van der Waals surface area (Å²) in [7, 11) is -5.09. The van der Waals surface area contributed by atoms with Crippen molar-refractivity contribution in [2.45, 2.75) is 128 Å². The smallest absolute Gasteiger partial charge is 0.493 e. The van der Waals surface area contributed by atoms with E-state index in [2.05, 4.69) is 88.9 Å². The van der Waals surface area contributed by atoms with Crippen molar-refractivity contribution in [2.24, 2.45) is 0 Å². The third-order valence-corrected chi connectivity index (χ3v) is 13.1. The van der Waals surface area contributed by atoms with Crippen LogP contribution >= 0.6 is 0 Å². The maximum Gasteiger partial charge on any atom is 0.531 e. The molecule has 2 fully saturated rings. The van der Waals surface area contributed by atoms with E-state index in [1.54, 1.807) is 0 Å². The first-order valence-corrected chi connectivity index (χ1v) is 17.2. The molecule has 0 aliphatic carbocycles. The summed E-state index contributed by atoms with van der Waals surface area (Å²) in [4.78, 5) is 0. The standard InChI is InChI=1S/C23H45BO6Si2/c1-20(2,3)32(21(4,5)6)25-15-17-19(28-32)16(27-31(11,12)13)14-18(26-17)24-29-22(7,8)23(9,10)30-24/h14,16-17,19H,15H2,1-13H3/t16-,17-,19+/m1/s1. The van der Waals surface area contributed by atoms with Crippen LogP contribution in [0.1, 0.15) is 69.2 Å². The summed E-state index contributed by atoms with van der Waals surface area (Å²) in [5, 5.41) is -0.203. The molecule has 0 spiro atoms. The van der Waals surface area contributed by atoms with E-state index in [4.69, 9.17) is 27.3 Å². The van der Waals surface area contributed by atoms with E-state index in [9.17, 15) is 0 Å². The van der Waals surface area contributed by atoms with Crippen molar-refractivity contribution in [3.05, 3.63) is 11.7 Å². The first-order chi connectivity index (χ1) is 14.2. The van der Waals surface area contributed by atoms with E-state index in [1.807, 2.05) is 6.08 Å². The van der Waals surface area contributed by atoms with Gasteiger partial charge in [-0.3, -0.25) is 0 Å². The molecule has 3 heterocycles. The lowest BCUT2D eigenvalue weighted by molar-refractivity contribution is -0.124. The Labute approximate surface area is 198 Å². The molecule has 0 aromatic rings. The molecule has 0 aromatic carbocycles. The van der Waals surface area contributed by atoms with Gasteiger partial charge in [0.1, 0.15) is 17.9 Å². The molecule has 2 saturated heterocycles. The maximum atomic E-state index is 7.02. The lowest BCUT2D eigenvalue weighted by Gasteiger charge is -2.56. The van der Waals surface area contributed by atoms with Crippen molar-refractivity contribution in [1.82, 2.24) is 0 Å². The first-order valence-electron chi connectivity index (χ1n) is 11.9. The van der Waals surface area contributed by atoms with Crippen LogP contribution < -0.4 is 0 Å². The molecule has 32 heavy (non-hydrogen) atoms. The molecular formula is C23H45BO6Si2. The largest absolute Gasteiger partial charge is 0.531 e. The Morgan fingerprint density at radius 2 is 1.47 bits per heavy atom. The van der Waals surface area contributed by atoms with Crippen molar-refractivity contribution in [3.8, 4) is 0 Å². The Hall–Kier alpha value is -0.161. The van der Waals surface area contributed by atoms with E-state index in [-0.39, 0.29) is 28.4 Å². The van der Waals surface area contributed by atoms with Gasteiger partial charge < -0.3 is 27.3 Å². The van der Waals surface area contributed by atoms with Crippen molar-refractivity contribution in [2.75, 3.05) is 6.61 Å². The van der Waals surface area contributed by atoms with Crippen molar-refractivity contribution >= 4 is 24.0 Å². The second kappa shape index (κ2) is 7.93. The summed E-state index contributed by atoms with van der Waals surface area (Å²) in [6.07, 6.45) is 1.33. The average molecular weight is 485 g/mol. The van der Waals surface area contributed by atoms with Crippen LogP contribution in [0.4, 0.5) is 0 Å². The van der Waals surface area contributed by atoms with Gasteiger partial charge in [-0.25, -0.2) is 0 Å². The number of fused-ring (bicyclic) bond motifs is 1. The van der Waals surface area contributed by atoms with Crippen molar-refractivity contribution in [1.29, 1.82) is 0 Å². The third kappa shape index (κ3) is 4.68. The predicted octanol–water partition coefficient (Wildman–Crippen LogP) is 5.58. The highest BCUT2D eigenvalue weighted by Crippen LogP contribution is 2.55. The number of hydrogen-bond acceptors (Lipinski definition) is 6. The SMILES string of the molecule is CC1(C)OB(C2=C[C@@H](O[Si](C)(C)C)[C@@H]3O[Si](C(C)(C)C)(C(C)(C)C)OC[C@H]3O2)OC1(C)C. The van der Waals surface area contributed by atoms with Crippen molar-refractivity contribution < 1.29 is 27.3 Å². The van der Waals surface area contributed by atoms with Gasteiger partial charge in [-0.1, -0.05) is 41.5 Å². The molecule has 0 unspecified atom stereocenters. The number of ether oxygens (including phenoxy) is 1. The van der Waals surface area contributed by atoms with Gasteiger partial charge in [-0.15, -0.1) is 0 Å². The van der Waals surface area contributed by atoms with Gasteiger partial charge >= 0.3 is 15.7 Å². The Balaban J connectivity index is 1.98. The van der Waals surface area contributed by atoms with Gasteiger partial charge in [-0.2, -0.15) is 0 Å². The molecular weight excluding hydrogens is 439 g/mol. The summed E-state index contributed by atoms with van der Waals surface area (Å²) in [6.45, 7) is 28.7. The third-order valence-electron chi connectivity index (χ3n) is 7.01. The Morgan fingerprint density at radius 3 is 1.91 bits per heavy atom. The Bertz CT molecular complexity index is 717. The normalized spacial score (nSPS) is 32.2. The molecule has 0 amide bonds. The second-order valence-electron chi connectivity index (χ2n) is 13.5. The van der Waals surface area contributed by atoms with Gasteiger partial charge in [0.2, 0.25) is 0 Å². The molecule has 0 aromatic heterocycles. The predicted molar refractivity (Wildman–Crippen MR) is 133 cm³/mol. The van der Waals surface area contributed by atoms with Crippen LogP contribution in [0.2, 0.25) is 29.7 Å². The lowest BCUT2D eigenvalue weighted by Crippen LogP contribution is -2.68. The molecule has 3 rings (SSSR count). The van der Waals surface area contributed by atoms with E-state index in [0.29, 0.717) is 12.3 Å². The van der Waals surface area contributed by atoms with E-state index in [1.165, 1.54) is 0 Å². The van der Waals surface area contributed by atoms with Crippen LogP contribution in [0.15, 0.2) is 11.7 Å². The molecule has 3 atom stereocenters. The van der Waals surface area contributed by atoms with Gasteiger partial charge in [0.05, 0.1) is 23.9 Å². The zero-order valence-corrected chi connectivity index (χ0v) is 24.5. The molecule has 3 aliphatic rings. The maximum absolute atomic E-state index is 7.02. The summed E-state index contributed by atoms with van der Waals surface area (Å²) >= 11 is 0. The molecule has 6 nitrogen and oxygen atoms in total. The van der Waals surface area contributed by atoms with Gasteiger partial charge in [0, 0.05) is 10.1 Å². The highest BCUT2D eigenvalue weighted by Gasteiger charge is 2.64. The highest BCUT2D eigenvalue weighted by atomic mass is 28.4. The molecule has 9 heteroatoms. The van der Waals surface area contributed by atoms with Crippen LogP contribution in [-0.2, 0) is 27.3 Å². The minimum atomic E-state index is -2.65. The molecule has 0 N–H and O–H groups in total. The van der Waals surface area contributed by atoms with Crippen LogP contribution in [0.3, 0.4) is 0 Å². The summed E-state index contributed by atoms with van der Waals surface area (Å²) in [6, 6.07) is 0. The molecule has 0 radical (unpaired) electrons. The fourth-order valence-corrected chi connectivity index (χ4v) is 10.9. The quantitative estimate of drug-likeness (QED) is 0.488. The molecule has 184 valence electrons. The molecule has 0 saturated carbocycles. The zero-order chi connectivity index (χ0) is 24.5. The topological polar surface area (TPSA) is 55.4 Å². The van der Waals surface area contributed by atoms with E-state index >= 15 is 0 Å². The minimum absolute atomic E-state index is 0.102. The van der Waals surface area contributed by atoms with Crippen LogP contribution in [0.5, 0.6) is 0 Å². The van der Waals surface area contributed by atoms with Crippen LogP contribution in [0, 0.1) is 0 Å². The summed E-state index contributed by atoms with van der Waals surface area (Å²) < 4.78 is 39.4. The second-order valence-corrected chi connectivity index (χ2v) is 22.7. The van der Waals surface area contributed by atoms with Gasteiger partial charge in [0.15, 0.2) is 8.32 Å². The monoisotopic (exact) mass is 484 g/mol. The number of hydrogen-bond donors (Lipinski definition) is 0. The Morgan fingerprint density at radius 1 is 0.969 bits per heavy atom. The van der Waals surface area contributed by atoms with Crippen molar-refractivity contribution in [3.63, 3.8) is 0 Å². The first kappa shape index (κ1) is 26.4. The minimum Gasteiger partial charge on any atom is -0.493 e.